The number of halogens is 2. The summed E-state index contributed by atoms with van der Waals surface area (Å²) in [6, 6.07) is 11.2. The fourth-order valence-electron chi connectivity index (χ4n) is 3.48. The Labute approximate surface area is 174 Å². The van der Waals surface area contributed by atoms with E-state index in [0.717, 1.165) is 12.8 Å². The molecule has 29 heavy (non-hydrogen) atoms. The molecule has 0 bridgehead atoms. The molecule has 1 N–H and O–H groups in total. The Bertz CT molecular complexity index is 1110. The highest BCUT2D eigenvalue weighted by Gasteiger charge is 2.26. The van der Waals surface area contributed by atoms with Crippen LogP contribution < -0.4 is 5.56 Å². The van der Waals surface area contributed by atoms with Crippen molar-refractivity contribution in [3.63, 3.8) is 0 Å². The van der Waals surface area contributed by atoms with Gasteiger partial charge >= 0.3 is 0 Å². The number of carbonyl (C=O) groups is 1. The summed E-state index contributed by atoms with van der Waals surface area (Å²) in [6.07, 6.45) is 1.62. The zero-order valence-electron chi connectivity index (χ0n) is 15.5. The molecule has 1 fully saturated rings. The number of amides is 1. The number of nitrogens with zero attached hydrogens (tertiary/aromatic N) is 2. The molecule has 2 heterocycles. The maximum atomic E-state index is 14.3. The van der Waals surface area contributed by atoms with Crippen LogP contribution in [0.25, 0.3) is 10.9 Å². The molecule has 1 amide bonds. The van der Waals surface area contributed by atoms with Crippen LogP contribution in [-0.2, 0) is 11.3 Å². The summed E-state index contributed by atoms with van der Waals surface area (Å²) in [4.78, 5) is 34.2. The van der Waals surface area contributed by atoms with Gasteiger partial charge in [0.2, 0.25) is 0 Å². The summed E-state index contributed by atoms with van der Waals surface area (Å²) >= 11 is 3.28. The molecule has 0 spiro atoms. The van der Waals surface area contributed by atoms with Crippen LogP contribution in [0, 0.1) is 5.82 Å². The first-order chi connectivity index (χ1) is 14.0. The molecular formula is C21H19BrFN3O3. The SMILES string of the molecule is O=C(c1cc(Br)ccc1F)N(Cc1nc2ccccc2c(=O)[nH]1)CC1CCCO1. The van der Waals surface area contributed by atoms with Gasteiger partial charge in [-0.2, -0.15) is 0 Å². The number of H-pyrrole nitrogens is 1. The average Bonchev–Trinajstić information content (AvgIpc) is 3.22. The average molecular weight is 460 g/mol. The third-order valence-electron chi connectivity index (χ3n) is 4.90. The largest absolute Gasteiger partial charge is 0.376 e. The van der Waals surface area contributed by atoms with Gasteiger partial charge in [0.05, 0.1) is 29.1 Å². The lowest BCUT2D eigenvalue weighted by Gasteiger charge is -2.25. The number of aromatic amines is 1. The lowest BCUT2D eigenvalue weighted by atomic mass is 10.1. The van der Waals surface area contributed by atoms with E-state index in [1.807, 2.05) is 0 Å². The molecule has 0 saturated carbocycles. The van der Waals surface area contributed by atoms with Crippen molar-refractivity contribution in [2.45, 2.75) is 25.5 Å². The van der Waals surface area contributed by atoms with Gasteiger partial charge in [0, 0.05) is 17.6 Å². The molecule has 0 aliphatic carbocycles. The first kappa shape index (κ1) is 19.7. The molecule has 4 rings (SSSR count). The van der Waals surface area contributed by atoms with E-state index >= 15 is 0 Å². The quantitative estimate of drug-likeness (QED) is 0.631. The van der Waals surface area contributed by atoms with Crippen molar-refractivity contribution in [1.82, 2.24) is 14.9 Å². The molecule has 6 nitrogen and oxygen atoms in total. The maximum absolute atomic E-state index is 14.3. The molecule has 8 heteroatoms. The van der Waals surface area contributed by atoms with Gasteiger partial charge in [0.25, 0.3) is 11.5 Å². The van der Waals surface area contributed by atoms with E-state index in [-0.39, 0.29) is 23.8 Å². The van der Waals surface area contributed by atoms with E-state index in [2.05, 4.69) is 25.9 Å². The number of fused-ring (bicyclic) bond motifs is 1. The summed E-state index contributed by atoms with van der Waals surface area (Å²) in [6.45, 7) is 0.981. The molecular weight excluding hydrogens is 441 g/mol. The number of carbonyl (C=O) groups excluding carboxylic acids is 1. The second-order valence-corrected chi connectivity index (χ2v) is 7.89. The molecule has 1 aliphatic rings. The lowest BCUT2D eigenvalue weighted by molar-refractivity contribution is 0.0497. The Hall–Kier alpha value is -2.58. The number of rotatable bonds is 5. The zero-order chi connectivity index (χ0) is 20.4. The Morgan fingerprint density at radius 3 is 2.93 bits per heavy atom. The standard InChI is InChI=1S/C21H19BrFN3O3/c22-13-7-8-17(23)16(10-13)21(28)26(11-14-4-3-9-29-14)12-19-24-18-6-2-1-5-15(18)20(27)25-19/h1-2,5-8,10,14H,3-4,9,11-12H2,(H,24,25,27). The number of nitrogens with one attached hydrogen (secondary N) is 1. The van der Waals surface area contributed by atoms with Crippen molar-refractivity contribution in [1.29, 1.82) is 0 Å². The first-order valence-corrected chi connectivity index (χ1v) is 10.1. The first-order valence-electron chi connectivity index (χ1n) is 9.35. The molecule has 1 aliphatic heterocycles. The molecule has 1 unspecified atom stereocenters. The van der Waals surface area contributed by atoms with Crippen molar-refractivity contribution in [2.24, 2.45) is 0 Å². The van der Waals surface area contributed by atoms with Crippen LogP contribution in [-0.4, -0.2) is 40.0 Å². The molecule has 1 atom stereocenters. The van der Waals surface area contributed by atoms with Crippen LogP contribution in [0.2, 0.25) is 0 Å². The lowest BCUT2D eigenvalue weighted by Crippen LogP contribution is -2.38. The minimum Gasteiger partial charge on any atom is -0.376 e. The van der Waals surface area contributed by atoms with E-state index in [0.29, 0.717) is 34.4 Å². The third-order valence-corrected chi connectivity index (χ3v) is 5.39. The minimum absolute atomic E-state index is 0.0412. The Kier molecular flexibility index (Phi) is 5.73. The van der Waals surface area contributed by atoms with Gasteiger partial charge in [-0.25, -0.2) is 9.37 Å². The zero-order valence-corrected chi connectivity index (χ0v) is 17.1. The van der Waals surface area contributed by atoms with Crippen molar-refractivity contribution in [2.75, 3.05) is 13.2 Å². The van der Waals surface area contributed by atoms with E-state index in [4.69, 9.17) is 4.74 Å². The fourth-order valence-corrected chi connectivity index (χ4v) is 3.84. The third kappa shape index (κ3) is 4.38. The van der Waals surface area contributed by atoms with Crippen LogP contribution in [0.4, 0.5) is 4.39 Å². The maximum Gasteiger partial charge on any atom is 0.258 e. The highest BCUT2D eigenvalue weighted by atomic mass is 79.9. The number of para-hydroxylation sites is 1. The van der Waals surface area contributed by atoms with Gasteiger partial charge < -0.3 is 14.6 Å². The highest BCUT2D eigenvalue weighted by Crippen LogP contribution is 2.21. The summed E-state index contributed by atoms with van der Waals surface area (Å²) in [7, 11) is 0. The number of ether oxygens (including phenoxy) is 1. The number of hydrogen-bond donors (Lipinski definition) is 1. The van der Waals surface area contributed by atoms with Crippen LogP contribution >= 0.6 is 15.9 Å². The minimum atomic E-state index is -0.601. The van der Waals surface area contributed by atoms with E-state index in [1.165, 1.54) is 17.0 Å². The predicted molar refractivity (Wildman–Crippen MR) is 110 cm³/mol. The Morgan fingerprint density at radius 2 is 2.14 bits per heavy atom. The highest BCUT2D eigenvalue weighted by molar-refractivity contribution is 9.10. The second kappa shape index (κ2) is 8.42. The van der Waals surface area contributed by atoms with Gasteiger partial charge in [0.1, 0.15) is 11.6 Å². The molecule has 0 radical (unpaired) electrons. The Balaban J connectivity index is 1.68. The van der Waals surface area contributed by atoms with E-state index < -0.39 is 11.7 Å². The monoisotopic (exact) mass is 459 g/mol. The van der Waals surface area contributed by atoms with Crippen LogP contribution in [0.1, 0.15) is 29.0 Å². The molecule has 2 aromatic carbocycles. The van der Waals surface area contributed by atoms with Gasteiger partial charge in [-0.3, -0.25) is 9.59 Å². The summed E-state index contributed by atoms with van der Waals surface area (Å²) < 4.78 is 20.6. The van der Waals surface area contributed by atoms with Crippen molar-refractivity contribution < 1.29 is 13.9 Å². The molecule has 150 valence electrons. The van der Waals surface area contributed by atoms with Gasteiger partial charge in [-0.1, -0.05) is 28.1 Å². The van der Waals surface area contributed by atoms with Crippen molar-refractivity contribution in [3.8, 4) is 0 Å². The van der Waals surface area contributed by atoms with Crippen molar-refractivity contribution in [3.05, 3.63) is 74.5 Å². The smallest absolute Gasteiger partial charge is 0.258 e. The van der Waals surface area contributed by atoms with Gasteiger partial charge in [0.15, 0.2) is 0 Å². The summed E-state index contributed by atoms with van der Waals surface area (Å²) in [5.74, 6) is -0.735. The fraction of sp³-hybridized carbons (Fsp3) is 0.286. The van der Waals surface area contributed by atoms with Crippen LogP contribution in [0.5, 0.6) is 0 Å². The van der Waals surface area contributed by atoms with E-state index in [1.54, 1.807) is 30.3 Å². The summed E-state index contributed by atoms with van der Waals surface area (Å²) in [5, 5.41) is 0.478. The Morgan fingerprint density at radius 1 is 1.31 bits per heavy atom. The number of aromatic nitrogens is 2. The predicted octanol–water partition coefficient (Wildman–Crippen LogP) is 3.65. The molecule has 1 aromatic heterocycles. The number of hydrogen-bond acceptors (Lipinski definition) is 4. The van der Waals surface area contributed by atoms with Gasteiger partial charge in [-0.05, 0) is 43.2 Å². The number of benzene rings is 2. The summed E-state index contributed by atoms with van der Waals surface area (Å²) in [5.41, 5.74) is 0.230. The molecule has 1 saturated heterocycles. The van der Waals surface area contributed by atoms with Gasteiger partial charge in [-0.15, -0.1) is 0 Å². The second-order valence-electron chi connectivity index (χ2n) is 6.97. The van der Waals surface area contributed by atoms with Crippen molar-refractivity contribution >= 4 is 32.7 Å². The van der Waals surface area contributed by atoms with E-state index in [9.17, 15) is 14.0 Å². The topological polar surface area (TPSA) is 75.3 Å². The van der Waals surface area contributed by atoms with Crippen LogP contribution in [0.15, 0.2) is 51.7 Å². The van der Waals surface area contributed by atoms with Crippen LogP contribution in [0.3, 0.4) is 0 Å². The normalized spacial score (nSPS) is 16.3. The molecule has 3 aromatic rings.